The molecule has 144 valence electrons. The maximum atomic E-state index is 12.3. The van der Waals surface area contributed by atoms with Gasteiger partial charge in [0.05, 0.1) is 13.0 Å². The van der Waals surface area contributed by atoms with E-state index in [1.807, 2.05) is 0 Å². The first-order chi connectivity index (χ1) is 12.2. The molecule has 0 aliphatic carbocycles. The van der Waals surface area contributed by atoms with Crippen LogP contribution in [-0.4, -0.2) is 64.4 Å². The second-order valence-electron chi connectivity index (χ2n) is 5.80. The number of hydrogen-bond donors (Lipinski definition) is 4. The monoisotopic (exact) mass is 407 g/mol. The highest BCUT2D eigenvalue weighted by Crippen LogP contribution is 2.26. The van der Waals surface area contributed by atoms with E-state index in [1.165, 1.54) is 6.92 Å². The molecule has 3 unspecified atom stereocenters. The number of rotatable bonds is 5. The van der Waals surface area contributed by atoms with Crippen LogP contribution in [0.1, 0.15) is 12.5 Å². The van der Waals surface area contributed by atoms with Crippen molar-refractivity contribution in [3.05, 3.63) is 33.8 Å². The van der Waals surface area contributed by atoms with E-state index in [0.717, 1.165) is 0 Å². The molecule has 1 fully saturated rings. The zero-order valence-corrected chi connectivity index (χ0v) is 15.3. The van der Waals surface area contributed by atoms with Crippen molar-refractivity contribution >= 4 is 35.1 Å². The summed E-state index contributed by atoms with van der Waals surface area (Å²) in [7, 11) is 0. The number of hydrogen-bond acceptors (Lipinski definition) is 7. The van der Waals surface area contributed by atoms with Gasteiger partial charge in [-0.3, -0.25) is 9.59 Å². The van der Waals surface area contributed by atoms with Crippen molar-refractivity contribution in [2.24, 2.45) is 0 Å². The topological polar surface area (TPSA) is 125 Å². The first kappa shape index (κ1) is 20.9. The Balaban J connectivity index is 2.15. The molecular weight excluding hydrogens is 389 g/mol. The minimum atomic E-state index is -1.51. The zero-order valence-electron chi connectivity index (χ0n) is 13.8. The summed E-state index contributed by atoms with van der Waals surface area (Å²) in [6.07, 6.45) is -5.84. The van der Waals surface area contributed by atoms with Gasteiger partial charge in [0, 0.05) is 22.5 Å². The van der Waals surface area contributed by atoms with E-state index in [2.05, 4.69) is 5.32 Å². The van der Waals surface area contributed by atoms with Crippen LogP contribution in [0.15, 0.2) is 18.2 Å². The Morgan fingerprint density at radius 2 is 1.85 bits per heavy atom. The molecule has 0 saturated carbocycles. The van der Waals surface area contributed by atoms with Crippen LogP contribution in [0, 0.1) is 0 Å². The zero-order chi connectivity index (χ0) is 19.4. The summed E-state index contributed by atoms with van der Waals surface area (Å²) in [5.74, 6) is -1.30. The molecule has 1 aliphatic heterocycles. The summed E-state index contributed by atoms with van der Waals surface area (Å²) < 4.78 is 10.5. The molecule has 1 heterocycles. The molecule has 1 amide bonds. The van der Waals surface area contributed by atoms with Crippen LogP contribution in [0.4, 0.5) is 0 Å². The number of halogens is 2. The van der Waals surface area contributed by atoms with Crippen LogP contribution in [0.2, 0.25) is 10.0 Å². The fraction of sp³-hybridized carbons (Fsp3) is 0.500. The van der Waals surface area contributed by atoms with Gasteiger partial charge < -0.3 is 30.1 Å². The second-order valence-corrected chi connectivity index (χ2v) is 6.61. The summed E-state index contributed by atoms with van der Waals surface area (Å²) in [5.41, 5.74) is 0.354. The molecule has 10 heteroatoms. The van der Waals surface area contributed by atoms with Crippen molar-refractivity contribution < 1.29 is 34.4 Å². The number of nitrogens with one attached hydrogen (secondary N) is 1. The minimum absolute atomic E-state index is 0.270. The molecule has 2 rings (SSSR count). The molecule has 4 N–H and O–H groups in total. The third-order valence-electron chi connectivity index (χ3n) is 3.88. The van der Waals surface area contributed by atoms with Gasteiger partial charge >= 0.3 is 5.97 Å². The number of aliphatic hydroxyl groups excluding tert-OH is 3. The molecule has 0 bridgehead atoms. The van der Waals surface area contributed by atoms with Crippen molar-refractivity contribution in [2.75, 3.05) is 6.61 Å². The lowest BCUT2D eigenvalue weighted by Gasteiger charge is -2.41. The lowest BCUT2D eigenvalue weighted by Crippen LogP contribution is -2.64. The molecule has 1 aromatic rings. The summed E-state index contributed by atoms with van der Waals surface area (Å²) in [6.45, 7) is 0.578. The van der Waals surface area contributed by atoms with Gasteiger partial charge in [0.25, 0.3) is 0 Å². The maximum Gasteiger partial charge on any atom is 0.312 e. The summed E-state index contributed by atoms with van der Waals surface area (Å²) in [6, 6.07) is 3.54. The molecule has 0 radical (unpaired) electrons. The lowest BCUT2D eigenvalue weighted by atomic mass is 9.97. The van der Waals surface area contributed by atoms with Crippen LogP contribution in [-0.2, 0) is 25.5 Å². The van der Waals surface area contributed by atoms with E-state index in [4.69, 9.17) is 32.7 Å². The highest BCUT2D eigenvalue weighted by Gasteiger charge is 2.46. The van der Waals surface area contributed by atoms with Crippen LogP contribution in [0.5, 0.6) is 0 Å². The molecule has 8 nitrogen and oxygen atoms in total. The van der Waals surface area contributed by atoms with Crippen LogP contribution >= 0.6 is 23.2 Å². The number of ether oxygens (including phenoxy) is 2. The predicted octanol–water partition coefficient (Wildman–Crippen LogP) is 0.0228. The first-order valence-corrected chi connectivity index (χ1v) is 8.52. The number of benzene rings is 1. The van der Waals surface area contributed by atoms with E-state index in [0.29, 0.717) is 5.56 Å². The van der Waals surface area contributed by atoms with E-state index < -0.39 is 49.1 Å². The highest BCUT2D eigenvalue weighted by molar-refractivity contribution is 6.36. The van der Waals surface area contributed by atoms with Gasteiger partial charge in [-0.2, -0.15) is 0 Å². The SMILES string of the molecule is CC(=O)NC1C(O)[C@H](O)C(CO)O[C@H]1OC(=O)Cc1c(Cl)cccc1Cl. The quantitative estimate of drug-likeness (QED) is 0.507. The van der Waals surface area contributed by atoms with E-state index >= 15 is 0 Å². The van der Waals surface area contributed by atoms with E-state index in [1.54, 1.807) is 18.2 Å². The van der Waals surface area contributed by atoms with Crippen molar-refractivity contribution in [1.82, 2.24) is 5.32 Å². The standard InChI is InChI=1S/C16H19Cl2NO7/c1-7(21)19-13-15(24)14(23)11(6-20)25-16(13)26-12(22)5-8-9(17)3-2-4-10(8)18/h2-4,11,13-16,20,23-24H,5-6H2,1H3,(H,19,21)/t11?,13?,14-,15?,16+/m1/s1. The fourth-order valence-corrected chi connectivity index (χ4v) is 3.12. The molecule has 26 heavy (non-hydrogen) atoms. The summed E-state index contributed by atoms with van der Waals surface area (Å²) in [4.78, 5) is 23.6. The summed E-state index contributed by atoms with van der Waals surface area (Å²) >= 11 is 12.0. The van der Waals surface area contributed by atoms with E-state index in [9.17, 15) is 24.9 Å². The Bertz CT molecular complexity index is 652. The van der Waals surface area contributed by atoms with Crippen LogP contribution < -0.4 is 5.32 Å². The fourth-order valence-electron chi connectivity index (χ4n) is 2.59. The number of carbonyl (C=O) groups excluding carboxylic acids is 2. The Morgan fingerprint density at radius 1 is 1.23 bits per heavy atom. The normalized spacial score (nSPS) is 28.5. The van der Waals surface area contributed by atoms with Gasteiger partial charge in [-0.1, -0.05) is 29.3 Å². The van der Waals surface area contributed by atoms with Gasteiger partial charge in [0.1, 0.15) is 24.4 Å². The van der Waals surface area contributed by atoms with Gasteiger partial charge in [-0.25, -0.2) is 0 Å². The third kappa shape index (κ3) is 4.85. The molecule has 0 aromatic heterocycles. The predicted molar refractivity (Wildman–Crippen MR) is 91.6 cm³/mol. The number of aliphatic hydroxyl groups is 3. The molecule has 5 atom stereocenters. The second kappa shape index (κ2) is 8.98. The van der Waals surface area contributed by atoms with Gasteiger partial charge in [-0.05, 0) is 12.1 Å². The van der Waals surface area contributed by atoms with Gasteiger partial charge in [0.2, 0.25) is 12.2 Å². The molecule has 1 saturated heterocycles. The first-order valence-electron chi connectivity index (χ1n) is 7.76. The number of amides is 1. The largest absolute Gasteiger partial charge is 0.433 e. The van der Waals surface area contributed by atoms with Gasteiger partial charge in [0.15, 0.2) is 0 Å². The number of esters is 1. The Kier molecular flexibility index (Phi) is 7.22. The Morgan fingerprint density at radius 3 is 2.38 bits per heavy atom. The molecular formula is C16H19Cl2NO7. The average molecular weight is 408 g/mol. The molecule has 1 aliphatic rings. The average Bonchev–Trinajstić information content (AvgIpc) is 2.57. The minimum Gasteiger partial charge on any atom is -0.433 e. The smallest absolute Gasteiger partial charge is 0.312 e. The van der Waals surface area contributed by atoms with Crippen molar-refractivity contribution in [2.45, 2.75) is 44.0 Å². The lowest BCUT2D eigenvalue weighted by molar-refractivity contribution is -0.263. The number of carbonyl (C=O) groups is 2. The maximum absolute atomic E-state index is 12.3. The molecule has 1 aromatic carbocycles. The Labute approximate surface area is 159 Å². The van der Waals surface area contributed by atoms with Crippen LogP contribution in [0.3, 0.4) is 0 Å². The van der Waals surface area contributed by atoms with Crippen LogP contribution in [0.25, 0.3) is 0 Å². The van der Waals surface area contributed by atoms with Crippen molar-refractivity contribution in [3.63, 3.8) is 0 Å². The third-order valence-corrected chi connectivity index (χ3v) is 4.59. The molecule has 0 spiro atoms. The summed E-state index contributed by atoms with van der Waals surface area (Å²) in [5, 5.41) is 32.2. The van der Waals surface area contributed by atoms with Crippen molar-refractivity contribution in [3.8, 4) is 0 Å². The van der Waals surface area contributed by atoms with Gasteiger partial charge in [-0.15, -0.1) is 0 Å². The van der Waals surface area contributed by atoms with E-state index in [-0.39, 0.29) is 16.5 Å². The Hall–Kier alpha value is -1.42. The van der Waals surface area contributed by atoms with Crippen molar-refractivity contribution in [1.29, 1.82) is 0 Å². The highest BCUT2D eigenvalue weighted by atomic mass is 35.5.